The Kier molecular flexibility index (Phi) is 4.54. The van der Waals surface area contributed by atoms with Crippen molar-refractivity contribution in [2.24, 2.45) is 5.73 Å². The molecule has 0 aliphatic carbocycles. The molecule has 0 spiro atoms. The van der Waals surface area contributed by atoms with Crippen molar-refractivity contribution < 1.29 is 36.5 Å². The SMILES string of the molecule is N[C@H]1C(=O)N[C@H]1CONC(=O)[C@@H]1CC[C@@H]2CN1C(=O)N2OS(=O)(=O)O. The molecule has 13 nitrogen and oxygen atoms in total. The van der Waals surface area contributed by atoms with Gasteiger partial charge in [-0.1, -0.05) is 0 Å². The summed E-state index contributed by atoms with van der Waals surface area (Å²) in [6.07, 6.45) is 0.565. The smallest absolute Gasteiger partial charge is 0.347 e. The molecular formula is C11H17N5O8S. The molecule has 0 saturated carbocycles. The van der Waals surface area contributed by atoms with E-state index in [0.717, 1.165) is 4.90 Å². The summed E-state index contributed by atoms with van der Waals surface area (Å²) in [6, 6.07) is -3.39. The topological polar surface area (TPSA) is 181 Å². The molecule has 2 bridgehead atoms. The lowest BCUT2D eigenvalue weighted by atomic mass is 10.0. The highest BCUT2D eigenvalue weighted by atomic mass is 32.3. The molecule has 3 saturated heterocycles. The predicted octanol–water partition coefficient (Wildman–Crippen LogP) is -3.14. The van der Waals surface area contributed by atoms with Gasteiger partial charge in [0.05, 0.1) is 18.7 Å². The Balaban J connectivity index is 1.53. The number of hydroxylamine groups is 3. The molecule has 3 rings (SSSR count). The lowest BCUT2D eigenvalue weighted by Crippen LogP contribution is -2.68. The number of amides is 4. The maximum Gasteiger partial charge on any atom is 0.418 e. The number of β-lactam (4-membered cyclic amide) rings is 1. The van der Waals surface area contributed by atoms with Crippen molar-refractivity contribution in [3.05, 3.63) is 0 Å². The first-order valence-electron chi connectivity index (χ1n) is 7.42. The molecule has 0 aromatic rings. The molecule has 14 heteroatoms. The van der Waals surface area contributed by atoms with Gasteiger partial charge in [0.25, 0.3) is 5.91 Å². The summed E-state index contributed by atoms with van der Waals surface area (Å²) in [4.78, 5) is 41.4. The Hall–Kier alpha value is -2.00. The van der Waals surface area contributed by atoms with Crippen LogP contribution in [0.1, 0.15) is 12.8 Å². The number of fused-ring (bicyclic) bond motifs is 2. The Morgan fingerprint density at radius 2 is 2.12 bits per heavy atom. The Morgan fingerprint density at radius 1 is 1.40 bits per heavy atom. The van der Waals surface area contributed by atoms with Crippen LogP contribution in [0, 0.1) is 0 Å². The van der Waals surface area contributed by atoms with Crippen molar-refractivity contribution in [1.82, 2.24) is 20.8 Å². The van der Waals surface area contributed by atoms with Crippen molar-refractivity contribution in [3.63, 3.8) is 0 Å². The Morgan fingerprint density at radius 3 is 2.72 bits per heavy atom. The minimum Gasteiger partial charge on any atom is -0.347 e. The lowest BCUT2D eigenvalue weighted by Gasteiger charge is -2.33. The first-order chi connectivity index (χ1) is 11.7. The van der Waals surface area contributed by atoms with E-state index in [1.165, 1.54) is 0 Å². The summed E-state index contributed by atoms with van der Waals surface area (Å²) in [6.45, 7) is 0.0515. The third kappa shape index (κ3) is 3.52. The average Bonchev–Trinajstić information content (AvgIpc) is 2.77. The number of piperidine rings is 1. The molecule has 140 valence electrons. The molecule has 0 radical (unpaired) electrons. The molecule has 3 heterocycles. The van der Waals surface area contributed by atoms with E-state index in [1.807, 2.05) is 0 Å². The van der Waals surface area contributed by atoms with Gasteiger partial charge in [-0.05, 0) is 12.8 Å². The van der Waals surface area contributed by atoms with E-state index in [1.54, 1.807) is 0 Å². The second-order valence-corrected chi connectivity index (χ2v) is 6.93. The van der Waals surface area contributed by atoms with Crippen LogP contribution in [0.2, 0.25) is 0 Å². The van der Waals surface area contributed by atoms with Gasteiger partial charge in [0.2, 0.25) is 5.91 Å². The Bertz CT molecular complexity index is 699. The molecule has 4 amide bonds. The summed E-state index contributed by atoms with van der Waals surface area (Å²) < 4.78 is 34.6. The normalized spacial score (nSPS) is 31.6. The molecular weight excluding hydrogens is 362 g/mol. The largest absolute Gasteiger partial charge is 0.418 e. The Labute approximate surface area is 142 Å². The van der Waals surface area contributed by atoms with E-state index < -0.39 is 46.5 Å². The van der Waals surface area contributed by atoms with Gasteiger partial charge in [0.1, 0.15) is 12.1 Å². The quantitative estimate of drug-likeness (QED) is 0.211. The van der Waals surface area contributed by atoms with Crippen LogP contribution in [0.4, 0.5) is 4.79 Å². The summed E-state index contributed by atoms with van der Waals surface area (Å²) in [5, 5.41) is 3.05. The third-order valence-electron chi connectivity index (χ3n) is 4.30. The van der Waals surface area contributed by atoms with Gasteiger partial charge in [0.15, 0.2) is 0 Å². The van der Waals surface area contributed by atoms with Gasteiger partial charge in [-0.2, -0.15) is 13.5 Å². The summed E-state index contributed by atoms with van der Waals surface area (Å²) in [5.41, 5.74) is 7.70. The van der Waals surface area contributed by atoms with E-state index in [2.05, 4.69) is 15.1 Å². The molecule has 3 aliphatic rings. The molecule has 4 atom stereocenters. The highest BCUT2D eigenvalue weighted by Gasteiger charge is 2.49. The maximum absolute atomic E-state index is 12.2. The second-order valence-electron chi connectivity index (χ2n) is 5.93. The number of carbonyl (C=O) groups excluding carboxylic acids is 3. The minimum absolute atomic E-state index is 0.0278. The number of urea groups is 1. The molecule has 0 aromatic carbocycles. The first kappa shape index (κ1) is 17.8. The number of carbonyl (C=O) groups is 3. The van der Waals surface area contributed by atoms with Crippen LogP contribution in [0.5, 0.6) is 0 Å². The highest BCUT2D eigenvalue weighted by Crippen LogP contribution is 2.30. The zero-order valence-corrected chi connectivity index (χ0v) is 13.6. The van der Waals surface area contributed by atoms with Crippen LogP contribution in [0.25, 0.3) is 0 Å². The van der Waals surface area contributed by atoms with Crippen LogP contribution in [0.15, 0.2) is 0 Å². The van der Waals surface area contributed by atoms with Gasteiger partial charge < -0.3 is 16.0 Å². The van der Waals surface area contributed by atoms with Crippen LogP contribution < -0.4 is 16.5 Å². The lowest BCUT2D eigenvalue weighted by molar-refractivity contribution is -0.142. The first-order valence-corrected chi connectivity index (χ1v) is 8.78. The van der Waals surface area contributed by atoms with Crippen LogP contribution >= 0.6 is 0 Å². The summed E-state index contributed by atoms with van der Waals surface area (Å²) in [5.74, 6) is -0.903. The molecule has 3 fully saturated rings. The van der Waals surface area contributed by atoms with E-state index >= 15 is 0 Å². The van der Waals surface area contributed by atoms with Crippen molar-refractivity contribution >= 4 is 28.2 Å². The highest BCUT2D eigenvalue weighted by molar-refractivity contribution is 7.80. The number of nitrogens with two attached hydrogens (primary N) is 1. The van der Waals surface area contributed by atoms with Crippen molar-refractivity contribution in [1.29, 1.82) is 0 Å². The second kappa shape index (κ2) is 6.38. The fourth-order valence-electron chi connectivity index (χ4n) is 2.98. The van der Waals surface area contributed by atoms with Crippen molar-refractivity contribution in [3.8, 4) is 0 Å². The van der Waals surface area contributed by atoms with E-state index in [-0.39, 0.29) is 25.5 Å². The van der Waals surface area contributed by atoms with E-state index in [9.17, 15) is 22.8 Å². The average molecular weight is 379 g/mol. The summed E-state index contributed by atoms with van der Waals surface area (Å²) >= 11 is 0. The molecule has 5 N–H and O–H groups in total. The van der Waals surface area contributed by atoms with E-state index in [4.69, 9.17) is 15.1 Å². The van der Waals surface area contributed by atoms with E-state index in [0.29, 0.717) is 11.5 Å². The molecule has 25 heavy (non-hydrogen) atoms. The summed E-state index contributed by atoms with van der Waals surface area (Å²) in [7, 11) is -4.84. The molecule has 0 aromatic heterocycles. The number of nitrogens with one attached hydrogen (secondary N) is 2. The van der Waals surface area contributed by atoms with Crippen molar-refractivity contribution in [2.45, 2.75) is 37.0 Å². The predicted molar refractivity (Wildman–Crippen MR) is 77.4 cm³/mol. The van der Waals surface area contributed by atoms with Gasteiger partial charge in [0, 0.05) is 6.54 Å². The van der Waals surface area contributed by atoms with Crippen LogP contribution in [-0.2, 0) is 29.1 Å². The van der Waals surface area contributed by atoms with Gasteiger partial charge >= 0.3 is 16.4 Å². The molecule has 0 unspecified atom stereocenters. The fraction of sp³-hybridized carbons (Fsp3) is 0.727. The maximum atomic E-state index is 12.2. The fourth-order valence-corrected chi connectivity index (χ4v) is 3.36. The third-order valence-corrected chi connectivity index (χ3v) is 4.65. The van der Waals surface area contributed by atoms with Gasteiger partial charge in [-0.3, -0.25) is 19.0 Å². The monoisotopic (exact) mass is 379 g/mol. The number of hydrogen-bond acceptors (Lipinski definition) is 8. The number of hydrogen-bond donors (Lipinski definition) is 4. The van der Waals surface area contributed by atoms with Gasteiger partial charge in [-0.15, -0.1) is 4.28 Å². The number of rotatable bonds is 6. The van der Waals surface area contributed by atoms with Crippen LogP contribution in [0.3, 0.4) is 0 Å². The standard InChI is InChI=1S/C11H17N5O8S/c12-8-6(13-10(8)18)4-23-14-9(17)7-2-1-5-3-15(7)11(19)16(5)24-25(20,21)22/h5-8H,1-4,12H2,(H,13,18)(H,14,17)(H,20,21,22)/t5-,6+,7+,8-/m1/s1. The molecule has 3 aliphatic heterocycles. The number of nitrogens with zero attached hydrogens (tertiary/aromatic N) is 2. The van der Waals surface area contributed by atoms with Crippen molar-refractivity contribution in [2.75, 3.05) is 13.2 Å². The van der Waals surface area contributed by atoms with Crippen LogP contribution in [-0.4, -0.2) is 78.1 Å². The van der Waals surface area contributed by atoms with Gasteiger partial charge in [-0.25, -0.2) is 10.3 Å². The minimum atomic E-state index is -4.84. The zero-order chi connectivity index (χ0) is 18.4. The zero-order valence-electron chi connectivity index (χ0n) is 12.8.